The van der Waals surface area contributed by atoms with E-state index in [2.05, 4.69) is 63.4 Å². The van der Waals surface area contributed by atoms with Gasteiger partial charge >= 0.3 is 0 Å². The molecule has 6 heteroatoms. The third-order valence-corrected chi connectivity index (χ3v) is 4.19. The highest BCUT2D eigenvalue weighted by atomic mass is 79.9. The molecule has 0 fully saturated rings. The lowest BCUT2D eigenvalue weighted by molar-refractivity contribution is 0.474. The number of benzene rings is 1. The summed E-state index contributed by atoms with van der Waals surface area (Å²) in [6, 6.07) is 8.26. The summed E-state index contributed by atoms with van der Waals surface area (Å²) in [5, 5.41) is 7.63. The smallest absolute Gasteiger partial charge is 0.194 e. The van der Waals surface area contributed by atoms with Gasteiger partial charge in [0.1, 0.15) is 0 Å². The minimum Gasteiger partial charge on any atom is -0.357 e. The summed E-state index contributed by atoms with van der Waals surface area (Å²) in [7, 11) is 2.05. The minimum atomic E-state index is 0.698. The van der Waals surface area contributed by atoms with Gasteiger partial charge in [-0.2, -0.15) is 5.10 Å². The molecule has 0 radical (unpaired) electrons. The second-order valence-corrected chi connectivity index (χ2v) is 6.32. The summed E-state index contributed by atoms with van der Waals surface area (Å²) in [5.74, 6) is 0.909. The van der Waals surface area contributed by atoms with Crippen molar-refractivity contribution >= 4 is 21.9 Å². The summed E-state index contributed by atoms with van der Waals surface area (Å²) >= 11 is 3.60. The van der Waals surface area contributed by atoms with Gasteiger partial charge in [0.15, 0.2) is 5.96 Å². The number of hydrogen-bond acceptors (Lipinski definition) is 2. The molecular weight excluding hydrogens is 354 g/mol. The van der Waals surface area contributed by atoms with Crippen LogP contribution in [0, 0.1) is 6.92 Å². The number of nitrogens with one attached hydrogen (secondary N) is 1. The Morgan fingerprint density at radius 1 is 1.39 bits per heavy atom. The first-order chi connectivity index (χ1) is 11.1. The van der Waals surface area contributed by atoms with E-state index in [1.54, 1.807) is 0 Å². The van der Waals surface area contributed by atoms with Crippen LogP contribution in [0.4, 0.5) is 0 Å². The molecule has 0 aliphatic rings. The lowest BCUT2D eigenvalue weighted by atomic mass is 10.2. The van der Waals surface area contributed by atoms with Crippen LogP contribution in [0.15, 0.2) is 46.1 Å². The lowest BCUT2D eigenvalue weighted by Crippen LogP contribution is -2.38. The molecule has 0 unspecified atom stereocenters. The first kappa shape index (κ1) is 17.5. The molecule has 0 spiro atoms. The summed E-state index contributed by atoms with van der Waals surface area (Å²) in [4.78, 5) is 6.84. The summed E-state index contributed by atoms with van der Waals surface area (Å²) in [6.07, 6.45) is 3.90. The van der Waals surface area contributed by atoms with E-state index in [4.69, 9.17) is 4.99 Å². The van der Waals surface area contributed by atoms with Gasteiger partial charge in [0.2, 0.25) is 0 Å². The van der Waals surface area contributed by atoms with E-state index in [9.17, 15) is 0 Å². The molecule has 0 amide bonds. The molecule has 0 atom stereocenters. The van der Waals surface area contributed by atoms with E-state index >= 15 is 0 Å². The Morgan fingerprint density at radius 3 is 2.83 bits per heavy atom. The van der Waals surface area contributed by atoms with Crippen LogP contribution < -0.4 is 5.32 Å². The molecule has 1 aromatic heterocycles. The summed E-state index contributed by atoms with van der Waals surface area (Å²) in [6.45, 7) is 7.25. The Labute approximate surface area is 146 Å². The number of hydrogen-bond donors (Lipinski definition) is 1. The summed E-state index contributed by atoms with van der Waals surface area (Å²) in [5.41, 5.74) is 2.41. The van der Waals surface area contributed by atoms with Gasteiger partial charge < -0.3 is 10.2 Å². The minimum absolute atomic E-state index is 0.698. The van der Waals surface area contributed by atoms with E-state index < -0.39 is 0 Å². The van der Waals surface area contributed by atoms with Crippen molar-refractivity contribution < 1.29 is 0 Å². The first-order valence-corrected chi connectivity index (χ1v) is 8.61. The number of aromatic nitrogens is 2. The topological polar surface area (TPSA) is 45.5 Å². The van der Waals surface area contributed by atoms with Crippen molar-refractivity contribution in [1.29, 1.82) is 0 Å². The van der Waals surface area contributed by atoms with Crippen LogP contribution in [-0.4, -0.2) is 40.8 Å². The Kier molecular flexibility index (Phi) is 6.65. The standard InChI is InChI=1S/C17H24BrN5/c1-4-19-17(20-9-10-23-12-14(2)11-21-23)22(3)13-15-7-5-6-8-16(15)18/h5-8,11-12H,4,9-10,13H2,1-3H3,(H,19,20). The SMILES string of the molecule is CCNC(=NCCn1cc(C)cn1)N(C)Cc1ccccc1Br. The second-order valence-electron chi connectivity index (χ2n) is 5.46. The number of nitrogens with zero attached hydrogens (tertiary/aromatic N) is 4. The van der Waals surface area contributed by atoms with E-state index in [0.29, 0.717) is 6.54 Å². The van der Waals surface area contributed by atoms with Crippen LogP contribution in [0.3, 0.4) is 0 Å². The van der Waals surface area contributed by atoms with Crippen molar-refractivity contribution in [1.82, 2.24) is 20.0 Å². The number of rotatable bonds is 6. The van der Waals surface area contributed by atoms with Crippen molar-refractivity contribution in [3.63, 3.8) is 0 Å². The number of halogens is 1. The normalized spacial score (nSPS) is 11.6. The van der Waals surface area contributed by atoms with E-state index in [1.807, 2.05) is 30.1 Å². The van der Waals surface area contributed by atoms with E-state index in [-0.39, 0.29) is 0 Å². The monoisotopic (exact) mass is 377 g/mol. The zero-order valence-corrected chi connectivity index (χ0v) is 15.5. The first-order valence-electron chi connectivity index (χ1n) is 7.82. The van der Waals surface area contributed by atoms with Gasteiger partial charge in [-0.05, 0) is 31.0 Å². The maximum atomic E-state index is 4.70. The maximum absolute atomic E-state index is 4.70. The maximum Gasteiger partial charge on any atom is 0.194 e. The van der Waals surface area contributed by atoms with Crippen LogP contribution in [-0.2, 0) is 13.1 Å². The average molecular weight is 378 g/mol. The third-order valence-electron chi connectivity index (χ3n) is 3.41. The van der Waals surface area contributed by atoms with Crippen LogP contribution in [0.2, 0.25) is 0 Å². The van der Waals surface area contributed by atoms with Crippen LogP contribution in [0.5, 0.6) is 0 Å². The van der Waals surface area contributed by atoms with Gasteiger partial charge in [0.25, 0.3) is 0 Å². The molecule has 0 saturated heterocycles. The largest absolute Gasteiger partial charge is 0.357 e. The molecule has 1 heterocycles. The molecule has 0 aliphatic heterocycles. The highest BCUT2D eigenvalue weighted by molar-refractivity contribution is 9.10. The van der Waals surface area contributed by atoms with Gasteiger partial charge in [-0.1, -0.05) is 34.1 Å². The molecule has 124 valence electrons. The lowest BCUT2D eigenvalue weighted by Gasteiger charge is -2.22. The summed E-state index contributed by atoms with van der Waals surface area (Å²) < 4.78 is 3.05. The second kappa shape index (κ2) is 8.72. The van der Waals surface area contributed by atoms with Crippen LogP contribution >= 0.6 is 15.9 Å². The highest BCUT2D eigenvalue weighted by Crippen LogP contribution is 2.17. The molecule has 23 heavy (non-hydrogen) atoms. The molecule has 0 aliphatic carbocycles. The molecule has 2 aromatic rings. The van der Waals surface area contributed by atoms with Gasteiger partial charge in [-0.15, -0.1) is 0 Å². The molecule has 1 N–H and O–H groups in total. The van der Waals surface area contributed by atoms with Crippen LogP contribution in [0.1, 0.15) is 18.1 Å². The predicted octanol–water partition coefficient (Wildman–Crippen LogP) is 3.05. The predicted molar refractivity (Wildman–Crippen MR) is 98.6 cm³/mol. The van der Waals surface area contributed by atoms with Crippen molar-refractivity contribution in [2.24, 2.45) is 4.99 Å². The zero-order chi connectivity index (χ0) is 16.7. The number of aryl methyl sites for hydroxylation is 1. The van der Waals surface area contributed by atoms with E-state index in [1.165, 1.54) is 11.1 Å². The Hall–Kier alpha value is -1.82. The quantitative estimate of drug-likeness (QED) is 0.621. The molecule has 2 rings (SSSR count). The van der Waals surface area contributed by atoms with Crippen molar-refractivity contribution in [3.05, 3.63) is 52.3 Å². The fourth-order valence-corrected chi connectivity index (χ4v) is 2.68. The van der Waals surface area contributed by atoms with Crippen molar-refractivity contribution in [2.45, 2.75) is 26.9 Å². The van der Waals surface area contributed by atoms with Gasteiger partial charge in [0, 0.05) is 30.8 Å². The average Bonchev–Trinajstić information content (AvgIpc) is 2.94. The molecular formula is C17H24BrN5. The molecule has 0 saturated carbocycles. The van der Waals surface area contributed by atoms with E-state index in [0.717, 1.165) is 30.1 Å². The molecule has 5 nitrogen and oxygen atoms in total. The van der Waals surface area contributed by atoms with Crippen molar-refractivity contribution in [2.75, 3.05) is 20.1 Å². The van der Waals surface area contributed by atoms with Gasteiger partial charge in [-0.3, -0.25) is 9.67 Å². The fourth-order valence-electron chi connectivity index (χ4n) is 2.27. The van der Waals surface area contributed by atoms with Crippen LogP contribution in [0.25, 0.3) is 0 Å². The Balaban J connectivity index is 1.98. The number of aliphatic imine (C=N–C) groups is 1. The molecule has 0 bridgehead atoms. The molecule has 1 aromatic carbocycles. The Bertz CT molecular complexity index is 650. The zero-order valence-electron chi connectivity index (χ0n) is 14.0. The highest BCUT2D eigenvalue weighted by Gasteiger charge is 2.08. The van der Waals surface area contributed by atoms with Crippen molar-refractivity contribution in [3.8, 4) is 0 Å². The Morgan fingerprint density at radius 2 is 2.17 bits per heavy atom. The third kappa shape index (κ3) is 5.39. The van der Waals surface area contributed by atoms with Gasteiger partial charge in [0.05, 0.1) is 19.3 Å². The fraction of sp³-hybridized carbons (Fsp3) is 0.412. The van der Waals surface area contributed by atoms with Gasteiger partial charge in [-0.25, -0.2) is 0 Å². The number of guanidine groups is 1.